The first-order valence-corrected chi connectivity index (χ1v) is 5.23. The Balaban J connectivity index is 2.33. The summed E-state index contributed by atoms with van der Waals surface area (Å²) in [6.45, 7) is 0. The Bertz CT molecular complexity index is 646. The number of aromatic amines is 1. The second-order valence-corrected chi connectivity index (χ2v) is 3.60. The lowest BCUT2D eigenvalue weighted by Crippen LogP contribution is -1.87. The zero-order valence-electron chi connectivity index (χ0n) is 9.27. The van der Waals surface area contributed by atoms with Crippen molar-refractivity contribution in [3.63, 3.8) is 0 Å². The molecule has 0 saturated carbocycles. The van der Waals surface area contributed by atoms with Gasteiger partial charge in [0.2, 0.25) is 0 Å². The lowest BCUT2D eigenvalue weighted by molar-refractivity contribution is 0.419. The van der Waals surface area contributed by atoms with Crippen LogP contribution in [0.15, 0.2) is 36.8 Å². The zero-order chi connectivity index (χ0) is 11.7. The number of rotatable bonds is 2. The first-order valence-electron chi connectivity index (χ1n) is 5.23. The van der Waals surface area contributed by atoms with Gasteiger partial charge in [0.15, 0.2) is 5.75 Å². The molecule has 2 aromatic heterocycles. The Kier molecular flexibility index (Phi) is 2.26. The van der Waals surface area contributed by atoms with Crippen LogP contribution in [0.2, 0.25) is 0 Å². The van der Waals surface area contributed by atoms with Crippen LogP contribution in [0.4, 0.5) is 0 Å². The molecule has 4 heteroatoms. The molecule has 0 amide bonds. The van der Waals surface area contributed by atoms with Crippen molar-refractivity contribution in [2.45, 2.75) is 0 Å². The molecule has 0 saturated heterocycles. The Morgan fingerprint density at radius 3 is 3.00 bits per heavy atom. The van der Waals surface area contributed by atoms with E-state index in [0.29, 0.717) is 5.75 Å². The molecule has 4 nitrogen and oxygen atoms in total. The lowest BCUT2D eigenvalue weighted by atomic mass is 10.1. The number of nitrogens with zero attached hydrogens (tertiary/aromatic N) is 2. The van der Waals surface area contributed by atoms with Gasteiger partial charge in [-0.2, -0.15) is 0 Å². The molecule has 0 spiro atoms. The number of nitrogens with one attached hydrogen (secondary N) is 1. The van der Waals surface area contributed by atoms with E-state index in [9.17, 15) is 0 Å². The number of hydrogen-bond donors (Lipinski definition) is 1. The van der Waals surface area contributed by atoms with Gasteiger partial charge in [-0.1, -0.05) is 12.1 Å². The van der Waals surface area contributed by atoms with Crippen LogP contribution < -0.4 is 4.74 Å². The molecule has 0 unspecified atom stereocenters. The standard InChI is InChI=1S/C13H10N3O/c1-17-12-8-16-10-4-2-3-9(13(10)12)11-7-14-5-6-15-11/h2-7,16H,1H3. The van der Waals surface area contributed by atoms with E-state index in [1.807, 2.05) is 18.2 Å². The van der Waals surface area contributed by atoms with E-state index >= 15 is 0 Å². The van der Waals surface area contributed by atoms with Crippen LogP contribution in [0.25, 0.3) is 22.2 Å². The minimum atomic E-state index is 0.696. The van der Waals surface area contributed by atoms with Gasteiger partial charge in [-0.25, -0.2) is 0 Å². The Morgan fingerprint density at radius 1 is 1.29 bits per heavy atom. The summed E-state index contributed by atoms with van der Waals surface area (Å²) >= 11 is 0. The summed E-state index contributed by atoms with van der Waals surface area (Å²) in [7, 11) is 1.63. The molecular formula is C13H10N3O. The average molecular weight is 224 g/mol. The van der Waals surface area contributed by atoms with Crippen molar-refractivity contribution in [3.05, 3.63) is 43.0 Å². The summed E-state index contributed by atoms with van der Waals surface area (Å²) in [5, 5.41) is 0.982. The van der Waals surface area contributed by atoms with Crippen LogP contribution in [0.3, 0.4) is 0 Å². The third-order valence-corrected chi connectivity index (χ3v) is 2.65. The highest BCUT2D eigenvalue weighted by Gasteiger charge is 2.11. The van der Waals surface area contributed by atoms with Crippen LogP contribution in [-0.4, -0.2) is 22.1 Å². The molecule has 1 aromatic carbocycles. The molecule has 83 valence electrons. The average Bonchev–Trinajstić information content (AvgIpc) is 2.82. The maximum Gasteiger partial charge on any atom is 0.154 e. The van der Waals surface area contributed by atoms with Crippen molar-refractivity contribution in [3.8, 4) is 17.0 Å². The number of aromatic nitrogens is 3. The fraction of sp³-hybridized carbons (Fsp3) is 0.0769. The molecule has 3 aromatic rings. The van der Waals surface area contributed by atoms with Crippen molar-refractivity contribution in [1.82, 2.24) is 15.0 Å². The fourth-order valence-corrected chi connectivity index (χ4v) is 1.89. The highest BCUT2D eigenvalue weighted by atomic mass is 16.5. The van der Waals surface area contributed by atoms with Crippen molar-refractivity contribution in [1.29, 1.82) is 0 Å². The van der Waals surface area contributed by atoms with E-state index in [4.69, 9.17) is 4.74 Å². The van der Waals surface area contributed by atoms with Gasteiger partial charge in [0.05, 0.1) is 29.9 Å². The van der Waals surface area contributed by atoms with Gasteiger partial charge >= 0.3 is 0 Å². The predicted octanol–water partition coefficient (Wildman–Crippen LogP) is 2.43. The maximum atomic E-state index is 5.29. The van der Waals surface area contributed by atoms with E-state index < -0.39 is 0 Å². The van der Waals surface area contributed by atoms with Gasteiger partial charge < -0.3 is 9.72 Å². The van der Waals surface area contributed by atoms with Crippen LogP contribution in [0.5, 0.6) is 5.75 Å². The first kappa shape index (κ1) is 9.84. The third kappa shape index (κ3) is 1.54. The van der Waals surface area contributed by atoms with E-state index in [1.165, 1.54) is 0 Å². The smallest absolute Gasteiger partial charge is 0.154 e. The number of hydrogen-bond acceptors (Lipinski definition) is 3. The summed E-state index contributed by atoms with van der Waals surface area (Å²) in [6, 6.07) is 5.95. The van der Waals surface area contributed by atoms with Gasteiger partial charge in [-0.3, -0.25) is 9.97 Å². The molecule has 0 atom stereocenters. The van der Waals surface area contributed by atoms with Crippen LogP contribution in [0.1, 0.15) is 0 Å². The van der Waals surface area contributed by atoms with Gasteiger partial charge in [0, 0.05) is 18.0 Å². The summed E-state index contributed by atoms with van der Waals surface area (Å²) < 4.78 is 5.29. The second-order valence-electron chi connectivity index (χ2n) is 3.60. The van der Waals surface area contributed by atoms with Crippen molar-refractivity contribution in [2.24, 2.45) is 0 Å². The van der Waals surface area contributed by atoms with Gasteiger partial charge in [-0.05, 0) is 6.07 Å². The van der Waals surface area contributed by atoms with Gasteiger partial charge in [-0.15, -0.1) is 0 Å². The molecule has 2 heterocycles. The topological polar surface area (TPSA) is 50.8 Å². The molecule has 1 radical (unpaired) electrons. The highest BCUT2D eigenvalue weighted by Crippen LogP contribution is 2.33. The lowest BCUT2D eigenvalue weighted by Gasteiger charge is -2.04. The van der Waals surface area contributed by atoms with Crippen molar-refractivity contribution < 1.29 is 4.74 Å². The van der Waals surface area contributed by atoms with E-state index in [-0.39, 0.29) is 0 Å². The zero-order valence-corrected chi connectivity index (χ0v) is 9.27. The summed E-state index contributed by atoms with van der Waals surface area (Å²) in [5.41, 5.74) is 2.79. The molecular weight excluding hydrogens is 214 g/mol. The molecule has 1 N–H and O–H groups in total. The molecule has 17 heavy (non-hydrogen) atoms. The van der Waals surface area contributed by atoms with Crippen molar-refractivity contribution in [2.75, 3.05) is 7.11 Å². The number of methoxy groups -OCH3 is 1. The van der Waals surface area contributed by atoms with Crippen LogP contribution >= 0.6 is 0 Å². The second kappa shape index (κ2) is 3.90. The third-order valence-electron chi connectivity index (χ3n) is 2.65. The Hall–Kier alpha value is -2.36. The summed E-state index contributed by atoms with van der Waals surface area (Å²) in [6.07, 6.45) is 8.05. The number of ether oxygens (including phenoxy) is 1. The Labute approximate surface area is 98.3 Å². The number of benzene rings is 1. The fourth-order valence-electron chi connectivity index (χ4n) is 1.89. The monoisotopic (exact) mass is 224 g/mol. The first-order chi connectivity index (χ1) is 8.40. The minimum absolute atomic E-state index is 0.696. The molecule has 0 fully saturated rings. The summed E-state index contributed by atoms with van der Waals surface area (Å²) in [5.74, 6) is 0.696. The van der Waals surface area contributed by atoms with Crippen molar-refractivity contribution >= 4 is 10.9 Å². The normalized spacial score (nSPS) is 10.6. The Morgan fingerprint density at radius 2 is 2.24 bits per heavy atom. The minimum Gasteiger partial charge on any atom is -0.494 e. The van der Waals surface area contributed by atoms with E-state index in [0.717, 1.165) is 22.2 Å². The maximum absolute atomic E-state index is 5.29. The van der Waals surface area contributed by atoms with Gasteiger partial charge in [0.25, 0.3) is 0 Å². The predicted molar refractivity (Wildman–Crippen MR) is 64.7 cm³/mol. The molecule has 0 aliphatic heterocycles. The molecule has 0 aliphatic rings. The quantitative estimate of drug-likeness (QED) is 0.727. The SMILES string of the molecule is COc1[c][nH]c2cccc(-c3cnccn3)c12. The largest absolute Gasteiger partial charge is 0.494 e. The van der Waals surface area contributed by atoms with E-state index in [2.05, 4.69) is 21.1 Å². The summed E-state index contributed by atoms with van der Waals surface area (Å²) in [4.78, 5) is 11.4. The molecule has 0 bridgehead atoms. The molecule has 0 aliphatic carbocycles. The van der Waals surface area contributed by atoms with Crippen LogP contribution in [-0.2, 0) is 0 Å². The number of H-pyrrole nitrogens is 1. The van der Waals surface area contributed by atoms with Gasteiger partial charge in [0.1, 0.15) is 6.20 Å². The van der Waals surface area contributed by atoms with Crippen LogP contribution in [0, 0.1) is 6.20 Å². The molecule has 3 rings (SSSR count). The van der Waals surface area contributed by atoms with E-state index in [1.54, 1.807) is 25.7 Å². The highest BCUT2D eigenvalue weighted by molar-refractivity contribution is 5.98. The number of fused-ring (bicyclic) bond motifs is 1.